The lowest BCUT2D eigenvalue weighted by Crippen LogP contribution is -2.43. The van der Waals surface area contributed by atoms with Crippen molar-refractivity contribution in [2.24, 2.45) is 0 Å². The van der Waals surface area contributed by atoms with Gasteiger partial charge in [-0.1, -0.05) is 6.92 Å². The summed E-state index contributed by atoms with van der Waals surface area (Å²) in [5, 5.41) is 7.69. The highest BCUT2D eigenvalue weighted by molar-refractivity contribution is 9.10. The highest BCUT2D eigenvalue weighted by atomic mass is 79.9. The second-order valence-corrected chi connectivity index (χ2v) is 5.58. The zero-order chi connectivity index (χ0) is 13.8. The van der Waals surface area contributed by atoms with Crippen molar-refractivity contribution >= 4 is 21.6 Å². The third kappa shape index (κ3) is 3.17. The molecule has 1 N–H and O–H groups in total. The second-order valence-electron chi connectivity index (χ2n) is 4.78. The lowest BCUT2D eigenvalue weighted by atomic mass is 10.0. The van der Waals surface area contributed by atoms with Crippen LogP contribution in [0.4, 0.5) is 5.69 Å². The molecule has 1 aliphatic heterocycles. The van der Waals surface area contributed by atoms with Crippen LogP contribution >= 0.6 is 15.9 Å². The van der Waals surface area contributed by atoms with Crippen LogP contribution in [-0.4, -0.2) is 35.5 Å². The Labute approximate surface area is 122 Å². The standard InChI is InChI=1S/C13H21BrN4O/c1-3-15-10-5-7-17(8-6-10)11-9-16-18(4-2)13(19)12(11)14/h9-10,15H,3-8H2,1-2H3. The monoisotopic (exact) mass is 328 g/mol. The fourth-order valence-corrected chi connectivity index (χ4v) is 3.07. The zero-order valence-corrected chi connectivity index (χ0v) is 13.1. The molecule has 1 saturated heterocycles. The van der Waals surface area contributed by atoms with E-state index in [1.54, 1.807) is 6.20 Å². The SMILES string of the molecule is CCNC1CCN(c2cnn(CC)c(=O)c2Br)CC1. The Morgan fingerprint density at radius 1 is 1.42 bits per heavy atom. The highest BCUT2D eigenvalue weighted by Gasteiger charge is 2.21. The van der Waals surface area contributed by atoms with Gasteiger partial charge in [0, 0.05) is 25.7 Å². The van der Waals surface area contributed by atoms with Crippen molar-refractivity contribution in [3.8, 4) is 0 Å². The summed E-state index contributed by atoms with van der Waals surface area (Å²) in [5.41, 5.74) is 0.874. The Kier molecular flexibility index (Phi) is 4.99. The van der Waals surface area contributed by atoms with Crippen LogP contribution in [0.25, 0.3) is 0 Å². The average Bonchev–Trinajstić information content (AvgIpc) is 2.43. The van der Waals surface area contributed by atoms with E-state index in [0.717, 1.165) is 38.2 Å². The maximum Gasteiger partial charge on any atom is 0.283 e. The summed E-state index contributed by atoms with van der Waals surface area (Å²) in [6.45, 7) is 7.60. The molecule has 0 atom stereocenters. The Hall–Kier alpha value is -0.880. The molecule has 0 amide bonds. The Morgan fingerprint density at radius 3 is 2.68 bits per heavy atom. The van der Waals surface area contributed by atoms with Gasteiger partial charge in [-0.05, 0) is 42.2 Å². The van der Waals surface area contributed by atoms with Crippen molar-refractivity contribution in [1.82, 2.24) is 15.1 Å². The molecule has 0 aromatic carbocycles. The molecule has 1 aliphatic rings. The first-order valence-corrected chi connectivity index (χ1v) is 7.70. The van der Waals surface area contributed by atoms with Gasteiger partial charge in [-0.3, -0.25) is 4.79 Å². The lowest BCUT2D eigenvalue weighted by molar-refractivity contribution is 0.423. The molecule has 1 aromatic rings. The predicted octanol–water partition coefficient (Wildman–Crippen LogP) is 1.60. The molecule has 0 spiro atoms. The summed E-state index contributed by atoms with van der Waals surface area (Å²) in [7, 11) is 0. The number of aromatic nitrogens is 2. The van der Waals surface area contributed by atoms with Crippen LogP contribution in [0.3, 0.4) is 0 Å². The number of rotatable bonds is 4. The molecule has 106 valence electrons. The van der Waals surface area contributed by atoms with Crippen molar-refractivity contribution in [1.29, 1.82) is 0 Å². The smallest absolute Gasteiger partial charge is 0.283 e. The number of nitrogens with zero attached hydrogens (tertiary/aromatic N) is 3. The Bertz CT molecular complexity index is 480. The van der Waals surface area contributed by atoms with Gasteiger partial charge in [0.15, 0.2) is 0 Å². The number of anilines is 1. The molecular formula is C13H21BrN4O. The van der Waals surface area contributed by atoms with Gasteiger partial charge in [0.25, 0.3) is 5.56 Å². The topological polar surface area (TPSA) is 50.2 Å². The van der Waals surface area contributed by atoms with Gasteiger partial charge in [-0.25, -0.2) is 4.68 Å². The molecule has 19 heavy (non-hydrogen) atoms. The summed E-state index contributed by atoms with van der Waals surface area (Å²) >= 11 is 3.42. The van der Waals surface area contributed by atoms with E-state index in [1.165, 1.54) is 4.68 Å². The predicted molar refractivity (Wildman–Crippen MR) is 80.8 cm³/mol. The van der Waals surface area contributed by atoms with Crippen molar-refractivity contribution in [3.05, 3.63) is 21.0 Å². The minimum absolute atomic E-state index is 0.0474. The van der Waals surface area contributed by atoms with Crippen LogP contribution in [0, 0.1) is 0 Å². The quantitative estimate of drug-likeness (QED) is 0.912. The van der Waals surface area contributed by atoms with Crippen molar-refractivity contribution in [2.45, 2.75) is 39.3 Å². The normalized spacial score (nSPS) is 16.9. The summed E-state index contributed by atoms with van der Waals surface area (Å²) in [6, 6.07) is 0.601. The second kappa shape index (κ2) is 6.52. The van der Waals surface area contributed by atoms with E-state index in [9.17, 15) is 4.79 Å². The van der Waals surface area contributed by atoms with Gasteiger partial charge >= 0.3 is 0 Å². The van der Waals surface area contributed by atoms with Crippen LogP contribution in [-0.2, 0) is 6.54 Å². The molecule has 2 heterocycles. The number of hydrogen-bond acceptors (Lipinski definition) is 4. The molecule has 2 rings (SSSR count). The molecule has 1 fully saturated rings. The molecule has 0 bridgehead atoms. The summed E-state index contributed by atoms with van der Waals surface area (Å²) in [6.07, 6.45) is 4.01. The first-order valence-electron chi connectivity index (χ1n) is 6.91. The minimum Gasteiger partial charge on any atom is -0.369 e. The number of halogens is 1. The zero-order valence-electron chi connectivity index (χ0n) is 11.5. The van der Waals surface area contributed by atoms with Gasteiger partial charge in [0.1, 0.15) is 4.47 Å². The summed E-state index contributed by atoms with van der Waals surface area (Å²) in [4.78, 5) is 14.3. The van der Waals surface area contributed by atoms with E-state index in [1.807, 2.05) is 6.92 Å². The summed E-state index contributed by atoms with van der Waals surface area (Å²) in [5.74, 6) is 0. The number of hydrogen-bond donors (Lipinski definition) is 1. The largest absolute Gasteiger partial charge is 0.369 e. The Balaban J connectivity index is 2.12. The lowest BCUT2D eigenvalue weighted by Gasteiger charge is -2.34. The van der Waals surface area contributed by atoms with E-state index in [2.05, 4.69) is 38.2 Å². The van der Waals surface area contributed by atoms with Gasteiger partial charge < -0.3 is 10.2 Å². The average molecular weight is 329 g/mol. The third-order valence-electron chi connectivity index (χ3n) is 3.59. The molecule has 5 nitrogen and oxygen atoms in total. The van der Waals surface area contributed by atoms with Crippen LogP contribution < -0.4 is 15.8 Å². The highest BCUT2D eigenvalue weighted by Crippen LogP contribution is 2.24. The van der Waals surface area contributed by atoms with Gasteiger partial charge in [-0.15, -0.1) is 0 Å². The maximum absolute atomic E-state index is 12.0. The van der Waals surface area contributed by atoms with Crippen molar-refractivity contribution in [2.75, 3.05) is 24.5 Å². The number of piperidine rings is 1. The molecule has 0 saturated carbocycles. The van der Waals surface area contributed by atoms with Crippen molar-refractivity contribution in [3.63, 3.8) is 0 Å². The molecule has 0 aliphatic carbocycles. The molecule has 0 radical (unpaired) electrons. The molecular weight excluding hydrogens is 308 g/mol. The minimum atomic E-state index is -0.0474. The van der Waals surface area contributed by atoms with E-state index < -0.39 is 0 Å². The fourth-order valence-electron chi connectivity index (χ4n) is 2.52. The van der Waals surface area contributed by atoms with E-state index >= 15 is 0 Å². The van der Waals surface area contributed by atoms with Crippen LogP contribution in [0.2, 0.25) is 0 Å². The molecule has 1 aromatic heterocycles. The fraction of sp³-hybridized carbons (Fsp3) is 0.692. The summed E-state index contributed by atoms with van der Waals surface area (Å²) < 4.78 is 2.10. The molecule has 0 unspecified atom stereocenters. The number of nitrogens with one attached hydrogen (secondary N) is 1. The first kappa shape index (κ1) is 14.5. The van der Waals surface area contributed by atoms with Crippen molar-refractivity contribution < 1.29 is 0 Å². The van der Waals surface area contributed by atoms with E-state index in [-0.39, 0.29) is 5.56 Å². The van der Waals surface area contributed by atoms with E-state index in [4.69, 9.17) is 0 Å². The van der Waals surface area contributed by atoms with Gasteiger partial charge in [0.2, 0.25) is 0 Å². The van der Waals surface area contributed by atoms with Gasteiger partial charge in [-0.2, -0.15) is 5.10 Å². The van der Waals surface area contributed by atoms with Crippen LogP contribution in [0.5, 0.6) is 0 Å². The maximum atomic E-state index is 12.0. The van der Waals surface area contributed by atoms with Crippen LogP contribution in [0.1, 0.15) is 26.7 Å². The van der Waals surface area contributed by atoms with Gasteiger partial charge in [0.05, 0.1) is 11.9 Å². The number of aryl methyl sites for hydroxylation is 1. The van der Waals surface area contributed by atoms with Crippen LogP contribution in [0.15, 0.2) is 15.5 Å². The molecule has 6 heteroatoms. The first-order chi connectivity index (χ1) is 9.17. The Morgan fingerprint density at radius 2 is 2.11 bits per heavy atom. The third-order valence-corrected chi connectivity index (χ3v) is 4.34. The van der Waals surface area contributed by atoms with E-state index in [0.29, 0.717) is 17.1 Å².